The summed E-state index contributed by atoms with van der Waals surface area (Å²) in [5, 5.41) is 11.5. The van der Waals surface area contributed by atoms with Gasteiger partial charge in [0.05, 0.1) is 15.6 Å². The summed E-state index contributed by atoms with van der Waals surface area (Å²) < 4.78 is 0. The van der Waals surface area contributed by atoms with Crippen molar-refractivity contribution in [3.63, 3.8) is 0 Å². The lowest BCUT2D eigenvalue weighted by molar-refractivity contribution is 0.0273. The highest BCUT2D eigenvalue weighted by molar-refractivity contribution is 7.99. The number of rotatable bonds is 3. The topological polar surface area (TPSA) is 20.2 Å². The normalized spacial score (nSPS) is 19.2. The van der Waals surface area contributed by atoms with Crippen molar-refractivity contribution in [2.75, 3.05) is 5.75 Å². The molecule has 0 atom stereocenters. The molecule has 1 aliphatic carbocycles. The Bertz CT molecular complexity index is 389. The van der Waals surface area contributed by atoms with Gasteiger partial charge in [-0.25, -0.2) is 0 Å². The number of hydrogen-bond acceptors (Lipinski definition) is 2. The Morgan fingerprint density at radius 3 is 2.47 bits per heavy atom. The van der Waals surface area contributed by atoms with Gasteiger partial charge in [-0.1, -0.05) is 42.5 Å². The van der Waals surface area contributed by atoms with Crippen LogP contribution in [-0.4, -0.2) is 16.5 Å². The lowest BCUT2D eigenvalue weighted by Gasteiger charge is -2.31. The minimum Gasteiger partial charge on any atom is -0.389 e. The van der Waals surface area contributed by atoms with Crippen LogP contribution >= 0.6 is 35.0 Å². The molecule has 1 aromatic rings. The Balaban J connectivity index is 1.94. The third-order valence-electron chi connectivity index (χ3n) is 3.18. The summed E-state index contributed by atoms with van der Waals surface area (Å²) in [6.07, 6.45) is 5.36. The first kappa shape index (κ1) is 13.5. The molecule has 0 aromatic heterocycles. The maximum atomic E-state index is 10.4. The molecule has 1 fully saturated rings. The second-order valence-corrected chi connectivity index (χ2v) is 6.51. The highest BCUT2D eigenvalue weighted by Crippen LogP contribution is 2.35. The molecule has 94 valence electrons. The van der Waals surface area contributed by atoms with Crippen LogP contribution in [0.1, 0.15) is 32.1 Å². The molecule has 0 unspecified atom stereocenters. The van der Waals surface area contributed by atoms with Gasteiger partial charge >= 0.3 is 0 Å². The van der Waals surface area contributed by atoms with E-state index in [-0.39, 0.29) is 0 Å². The van der Waals surface area contributed by atoms with Crippen LogP contribution in [0.25, 0.3) is 0 Å². The molecule has 1 nitrogen and oxygen atoms in total. The van der Waals surface area contributed by atoms with Crippen LogP contribution in [0.3, 0.4) is 0 Å². The molecule has 17 heavy (non-hydrogen) atoms. The largest absolute Gasteiger partial charge is 0.389 e. The van der Waals surface area contributed by atoms with Crippen molar-refractivity contribution < 1.29 is 5.11 Å². The fourth-order valence-corrected chi connectivity index (χ4v) is 3.59. The minimum absolute atomic E-state index is 0.491. The second kappa shape index (κ2) is 5.83. The maximum Gasteiger partial charge on any atom is 0.0741 e. The van der Waals surface area contributed by atoms with E-state index in [9.17, 15) is 5.11 Å². The number of thioether (sulfide) groups is 1. The molecule has 1 aromatic carbocycles. The van der Waals surface area contributed by atoms with Gasteiger partial charge in [0, 0.05) is 10.6 Å². The predicted molar refractivity (Wildman–Crippen MR) is 75.2 cm³/mol. The summed E-state index contributed by atoms with van der Waals surface area (Å²) in [5.74, 6) is 0.741. The van der Waals surface area contributed by atoms with E-state index in [2.05, 4.69) is 0 Å². The van der Waals surface area contributed by atoms with Crippen LogP contribution in [0.15, 0.2) is 23.1 Å². The summed E-state index contributed by atoms with van der Waals surface area (Å²) in [7, 11) is 0. The van der Waals surface area contributed by atoms with E-state index >= 15 is 0 Å². The van der Waals surface area contributed by atoms with E-state index < -0.39 is 5.60 Å². The van der Waals surface area contributed by atoms with Gasteiger partial charge in [0.25, 0.3) is 0 Å². The number of halogens is 2. The lowest BCUT2D eigenvalue weighted by atomic mass is 9.86. The van der Waals surface area contributed by atoms with Crippen LogP contribution in [-0.2, 0) is 0 Å². The molecule has 1 aliphatic rings. The van der Waals surface area contributed by atoms with E-state index in [1.807, 2.05) is 12.1 Å². The van der Waals surface area contributed by atoms with Gasteiger partial charge < -0.3 is 5.11 Å². The Kier molecular flexibility index (Phi) is 4.65. The molecule has 0 saturated heterocycles. The molecule has 0 amide bonds. The van der Waals surface area contributed by atoms with Crippen molar-refractivity contribution in [2.45, 2.75) is 42.6 Å². The molecule has 1 saturated carbocycles. The number of aliphatic hydroxyl groups is 1. The van der Waals surface area contributed by atoms with Gasteiger partial charge in [-0.05, 0) is 31.0 Å². The first-order valence-corrected chi connectivity index (χ1v) is 7.63. The van der Waals surface area contributed by atoms with E-state index in [0.717, 1.165) is 36.3 Å². The summed E-state index contributed by atoms with van der Waals surface area (Å²) >= 11 is 13.5. The molecule has 0 heterocycles. The van der Waals surface area contributed by atoms with Crippen molar-refractivity contribution >= 4 is 35.0 Å². The van der Waals surface area contributed by atoms with Gasteiger partial charge in [0.1, 0.15) is 0 Å². The lowest BCUT2D eigenvalue weighted by Crippen LogP contribution is -2.33. The van der Waals surface area contributed by atoms with Crippen molar-refractivity contribution in [3.05, 3.63) is 28.2 Å². The minimum atomic E-state index is -0.491. The van der Waals surface area contributed by atoms with E-state index in [1.165, 1.54) is 6.42 Å². The molecular formula is C13H16Cl2OS. The van der Waals surface area contributed by atoms with Crippen LogP contribution in [0.5, 0.6) is 0 Å². The average Bonchev–Trinajstić information content (AvgIpc) is 2.32. The summed E-state index contributed by atoms with van der Waals surface area (Å²) in [6.45, 7) is 0. The number of hydrogen-bond donors (Lipinski definition) is 1. The average molecular weight is 291 g/mol. The van der Waals surface area contributed by atoms with Gasteiger partial charge in [0.2, 0.25) is 0 Å². The zero-order chi connectivity index (χ0) is 12.3. The maximum absolute atomic E-state index is 10.4. The molecule has 0 spiro atoms. The number of benzene rings is 1. The quantitative estimate of drug-likeness (QED) is 0.809. The van der Waals surface area contributed by atoms with Crippen LogP contribution < -0.4 is 0 Å². The van der Waals surface area contributed by atoms with Gasteiger partial charge in [0.15, 0.2) is 0 Å². The highest BCUT2D eigenvalue weighted by atomic mass is 35.5. The smallest absolute Gasteiger partial charge is 0.0741 e. The molecule has 0 radical (unpaired) electrons. The Morgan fingerprint density at radius 2 is 1.82 bits per heavy atom. The Morgan fingerprint density at radius 1 is 1.12 bits per heavy atom. The fourth-order valence-electron chi connectivity index (χ4n) is 2.14. The van der Waals surface area contributed by atoms with Gasteiger partial charge in [-0.15, -0.1) is 11.8 Å². The first-order chi connectivity index (χ1) is 8.09. The summed E-state index contributed by atoms with van der Waals surface area (Å²) in [5.41, 5.74) is -0.491. The molecule has 2 rings (SSSR count). The Hall–Kier alpha value is 0.110. The van der Waals surface area contributed by atoms with Crippen molar-refractivity contribution in [3.8, 4) is 0 Å². The fraction of sp³-hybridized carbons (Fsp3) is 0.538. The first-order valence-electron chi connectivity index (χ1n) is 5.89. The van der Waals surface area contributed by atoms with E-state index in [0.29, 0.717) is 10.0 Å². The molecular weight excluding hydrogens is 275 g/mol. The standard InChI is InChI=1S/C13H16Cl2OS/c14-11-5-4-10(8-12(11)15)17-9-13(16)6-2-1-3-7-13/h4-5,8,16H,1-3,6-7,9H2. The monoisotopic (exact) mass is 290 g/mol. The molecule has 4 heteroatoms. The van der Waals surface area contributed by atoms with Gasteiger partial charge in [-0.3, -0.25) is 0 Å². The third-order valence-corrected chi connectivity index (χ3v) is 5.19. The van der Waals surface area contributed by atoms with Gasteiger partial charge in [-0.2, -0.15) is 0 Å². The zero-order valence-corrected chi connectivity index (χ0v) is 11.9. The highest BCUT2D eigenvalue weighted by Gasteiger charge is 2.29. The summed E-state index contributed by atoms with van der Waals surface area (Å²) in [4.78, 5) is 1.07. The van der Waals surface area contributed by atoms with Crippen LogP contribution in [0, 0.1) is 0 Å². The van der Waals surface area contributed by atoms with Crippen molar-refractivity contribution in [1.82, 2.24) is 0 Å². The van der Waals surface area contributed by atoms with E-state index in [1.54, 1.807) is 17.8 Å². The second-order valence-electron chi connectivity index (χ2n) is 4.65. The van der Waals surface area contributed by atoms with Crippen molar-refractivity contribution in [1.29, 1.82) is 0 Å². The molecule has 0 aliphatic heterocycles. The van der Waals surface area contributed by atoms with E-state index in [4.69, 9.17) is 23.2 Å². The molecule has 1 N–H and O–H groups in total. The summed E-state index contributed by atoms with van der Waals surface area (Å²) in [6, 6.07) is 5.61. The predicted octanol–water partition coefficient (Wildman–Crippen LogP) is 4.78. The van der Waals surface area contributed by atoms with Crippen molar-refractivity contribution in [2.24, 2.45) is 0 Å². The third kappa shape index (κ3) is 3.78. The Labute approximate surface area is 117 Å². The molecule has 0 bridgehead atoms. The zero-order valence-electron chi connectivity index (χ0n) is 9.59. The van der Waals surface area contributed by atoms with Crippen LogP contribution in [0.2, 0.25) is 10.0 Å². The SMILES string of the molecule is OC1(CSc2ccc(Cl)c(Cl)c2)CCCCC1. The van der Waals surface area contributed by atoms with Crippen LogP contribution in [0.4, 0.5) is 0 Å².